The van der Waals surface area contributed by atoms with Crippen molar-refractivity contribution in [2.75, 3.05) is 18.2 Å². The number of amides is 1. The van der Waals surface area contributed by atoms with E-state index in [1.165, 1.54) is 25.3 Å². The predicted octanol–water partition coefficient (Wildman–Crippen LogP) is 4.38. The van der Waals surface area contributed by atoms with Gasteiger partial charge < -0.3 is 10.1 Å². The number of thioether (sulfide) groups is 1. The number of rotatable bonds is 7. The molecule has 8 heteroatoms. The number of nitrogens with zero attached hydrogens (tertiary/aromatic N) is 1. The highest BCUT2D eigenvalue weighted by molar-refractivity contribution is 7.99. The molecule has 0 aliphatic rings. The van der Waals surface area contributed by atoms with Crippen LogP contribution in [0.25, 0.3) is 0 Å². The highest BCUT2D eigenvalue weighted by Gasteiger charge is 2.13. The summed E-state index contributed by atoms with van der Waals surface area (Å²) in [7, 11) is 1.39. The molecule has 0 heterocycles. The van der Waals surface area contributed by atoms with Crippen LogP contribution in [0.15, 0.2) is 47.4 Å². The summed E-state index contributed by atoms with van der Waals surface area (Å²) in [6.07, 6.45) is 0.299. The molecule has 24 heavy (non-hydrogen) atoms. The molecule has 0 unspecified atom stereocenters. The van der Waals surface area contributed by atoms with Crippen LogP contribution in [-0.2, 0) is 4.79 Å². The maximum Gasteiger partial charge on any atom is 0.273 e. The lowest BCUT2D eigenvalue weighted by atomic mass is 10.2. The van der Waals surface area contributed by atoms with E-state index in [0.29, 0.717) is 22.9 Å². The Morgan fingerprint density at radius 2 is 2.00 bits per heavy atom. The SMILES string of the molecule is COc1cc([N+](=O)[O-])ccc1NC(=O)CCSc1ccc(Cl)cc1. The van der Waals surface area contributed by atoms with E-state index < -0.39 is 4.92 Å². The third-order valence-electron chi connectivity index (χ3n) is 3.08. The second-order valence-corrected chi connectivity index (χ2v) is 6.35. The number of carbonyl (C=O) groups excluding carboxylic acids is 1. The Balaban J connectivity index is 1.90. The number of halogens is 1. The summed E-state index contributed by atoms with van der Waals surface area (Å²) in [6.45, 7) is 0. The van der Waals surface area contributed by atoms with Gasteiger partial charge in [0.2, 0.25) is 5.91 Å². The molecule has 126 valence electrons. The largest absolute Gasteiger partial charge is 0.494 e. The zero-order chi connectivity index (χ0) is 17.5. The molecule has 1 amide bonds. The maximum atomic E-state index is 12.0. The average Bonchev–Trinajstić information content (AvgIpc) is 2.56. The minimum atomic E-state index is -0.517. The molecule has 1 N–H and O–H groups in total. The number of ether oxygens (including phenoxy) is 1. The van der Waals surface area contributed by atoms with E-state index in [9.17, 15) is 14.9 Å². The minimum absolute atomic E-state index is 0.0943. The predicted molar refractivity (Wildman–Crippen MR) is 95.1 cm³/mol. The van der Waals surface area contributed by atoms with Gasteiger partial charge in [-0.3, -0.25) is 14.9 Å². The molecule has 0 aromatic heterocycles. The van der Waals surface area contributed by atoms with Gasteiger partial charge in [-0.05, 0) is 30.3 Å². The van der Waals surface area contributed by atoms with Crippen molar-refractivity contribution in [1.82, 2.24) is 0 Å². The van der Waals surface area contributed by atoms with Crippen LogP contribution < -0.4 is 10.1 Å². The molecular formula is C16H15ClN2O4S. The lowest BCUT2D eigenvalue weighted by molar-refractivity contribution is -0.384. The molecule has 2 rings (SSSR count). The summed E-state index contributed by atoms with van der Waals surface area (Å²) in [4.78, 5) is 23.3. The van der Waals surface area contributed by atoms with E-state index in [-0.39, 0.29) is 17.3 Å². The van der Waals surface area contributed by atoms with Gasteiger partial charge in [0.25, 0.3) is 5.69 Å². The Morgan fingerprint density at radius 1 is 1.29 bits per heavy atom. The second kappa shape index (κ2) is 8.56. The zero-order valence-electron chi connectivity index (χ0n) is 12.8. The van der Waals surface area contributed by atoms with Crippen LogP contribution in [-0.4, -0.2) is 23.7 Å². The summed E-state index contributed by atoms with van der Waals surface area (Å²) in [6, 6.07) is 11.4. The Labute approximate surface area is 148 Å². The number of benzene rings is 2. The third kappa shape index (κ3) is 5.14. The fourth-order valence-corrected chi connectivity index (χ4v) is 2.88. The number of hydrogen-bond acceptors (Lipinski definition) is 5. The molecule has 0 radical (unpaired) electrons. The number of hydrogen-bond donors (Lipinski definition) is 1. The van der Waals surface area contributed by atoms with Crippen LogP contribution in [0, 0.1) is 10.1 Å². The number of nitro benzene ring substituents is 1. The standard InChI is InChI=1S/C16H15ClN2O4S/c1-23-15-10-12(19(21)22)4-7-14(15)18-16(20)8-9-24-13-5-2-11(17)3-6-13/h2-7,10H,8-9H2,1H3,(H,18,20). The molecular weight excluding hydrogens is 352 g/mol. The van der Waals surface area contributed by atoms with Gasteiger partial charge >= 0.3 is 0 Å². The van der Waals surface area contributed by atoms with Gasteiger partial charge in [-0.1, -0.05) is 11.6 Å². The first kappa shape index (κ1) is 18.1. The molecule has 6 nitrogen and oxygen atoms in total. The molecule has 0 spiro atoms. The Hall–Kier alpha value is -2.25. The topological polar surface area (TPSA) is 81.5 Å². The third-order valence-corrected chi connectivity index (χ3v) is 4.35. The van der Waals surface area contributed by atoms with Crippen molar-refractivity contribution >= 4 is 40.6 Å². The number of methoxy groups -OCH3 is 1. The van der Waals surface area contributed by atoms with Crippen LogP contribution in [0.4, 0.5) is 11.4 Å². The molecule has 2 aromatic rings. The summed E-state index contributed by atoms with van der Waals surface area (Å²) < 4.78 is 5.09. The Bertz CT molecular complexity index is 737. The number of nitrogens with one attached hydrogen (secondary N) is 1. The van der Waals surface area contributed by atoms with Gasteiger partial charge in [0.05, 0.1) is 23.8 Å². The van der Waals surface area contributed by atoms with Gasteiger partial charge in [-0.15, -0.1) is 11.8 Å². The highest BCUT2D eigenvalue weighted by atomic mass is 35.5. The fraction of sp³-hybridized carbons (Fsp3) is 0.188. The first-order chi connectivity index (χ1) is 11.5. The van der Waals surface area contributed by atoms with Crippen LogP contribution in [0.3, 0.4) is 0 Å². The van der Waals surface area contributed by atoms with E-state index in [2.05, 4.69) is 5.32 Å². The van der Waals surface area contributed by atoms with E-state index >= 15 is 0 Å². The molecule has 0 saturated heterocycles. The molecule has 2 aromatic carbocycles. The first-order valence-electron chi connectivity index (χ1n) is 7.00. The minimum Gasteiger partial charge on any atom is -0.494 e. The Kier molecular flexibility index (Phi) is 6.45. The number of non-ortho nitro benzene ring substituents is 1. The van der Waals surface area contributed by atoms with E-state index in [1.807, 2.05) is 12.1 Å². The fourth-order valence-electron chi connectivity index (χ4n) is 1.90. The molecule has 0 aliphatic heterocycles. The van der Waals surface area contributed by atoms with Crippen molar-refractivity contribution < 1.29 is 14.5 Å². The van der Waals surface area contributed by atoms with Gasteiger partial charge in [0.15, 0.2) is 0 Å². The van der Waals surface area contributed by atoms with Crippen LogP contribution in [0.5, 0.6) is 5.75 Å². The number of nitro groups is 1. The van der Waals surface area contributed by atoms with Gasteiger partial charge in [0.1, 0.15) is 5.75 Å². The molecule has 0 saturated carbocycles. The van der Waals surface area contributed by atoms with Gasteiger partial charge in [0, 0.05) is 28.2 Å². The van der Waals surface area contributed by atoms with Crippen LogP contribution in [0.1, 0.15) is 6.42 Å². The number of anilines is 1. The van der Waals surface area contributed by atoms with Crippen molar-refractivity contribution in [3.63, 3.8) is 0 Å². The summed E-state index contributed by atoms with van der Waals surface area (Å²) >= 11 is 7.36. The van der Waals surface area contributed by atoms with Crippen LogP contribution in [0.2, 0.25) is 5.02 Å². The maximum absolute atomic E-state index is 12.0. The Morgan fingerprint density at radius 3 is 2.62 bits per heavy atom. The molecule has 0 bridgehead atoms. The van der Waals surface area contributed by atoms with Gasteiger partial charge in [-0.2, -0.15) is 0 Å². The summed E-state index contributed by atoms with van der Waals surface area (Å²) in [5.41, 5.74) is 0.313. The van der Waals surface area contributed by atoms with Crippen molar-refractivity contribution in [3.8, 4) is 5.75 Å². The molecule has 0 aliphatic carbocycles. The number of carbonyl (C=O) groups is 1. The van der Waals surface area contributed by atoms with E-state index in [4.69, 9.17) is 16.3 Å². The van der Waals surface area contributed by atoms with E-state index in [0.717, 1.165) is 4.90 Å². The van der Waals surface area contributed by atoms with Crippen molar-refractivity contribution in [3.05, 3.63) is 57.6 Å². The first-order valence-corrected chi connectivity index (χ1v) is 8.36. The summed E-state index contributed by atoms with van der Waals surface area (Å²) in [5.74, 6) is 0.662. The van der Waals surface area contributed by atoms with Crippen molar-refractivity contribution in [1.29, 1.82) is 0 Å². The zero-order valence-corrected chi connectivity index (χ0v) is 14.4. The normalized spacial score (nSPS) is 10.2. The van der Waals surface area contributed by atoms with Crippen molar-refractivity contribution in [2.45, 2.75) is 11.3 Å². The monoisotopic (exact) mass is 366 g/mol. The quantitative estimate of drug-likeness (QED) is 0.447. The van der Waals surface area contributed by atoms with Gasteiger partial charge in [-0.25, -0.2) is 0 Å². The van der Waals surface area contributed by atoms with Crippen molar-refractivity contribution in [2.24, 2.45) is 0 Å². The lowest BCUT2D eigenvalue weighted by Gasteiger charge is -2.10. The molecule has 0 fully saturated rings. The highest BCUT2D eigenvalue weighted by Crippen LogP contribution is 2.29. The smallest absolute Gasteiger partial charge is 0.273 e. The lowest BCUT2D eigenvalue weighted by Crippen LogP contribution is -2.13. The molecule has 0 atom stereocenters. The summed E-state index contributed by atoms with van der Waals surface area (Å²) in [5, 5.41) is 14.1. The van der Waals surface area contributed by atoms with E-state index in [1.54, 1.807) is 23.9 Å². The average molecular weight is 367 g/mol. The van der Waals surface area contributed by atoms with Crippen LogP contribution >= 0.6 is 23.4 Å². The second-order valence-electron chi connectivity index (χ2n) is 4.74.